The van der Waals surface area contributed by atoms with Crippen LogP contribution in [-0.2, 0) is 9.53 Å². The molecule has 0 aromatic carbocycles. The Bertz CT molecular complexity index is 975. The van der Waals surface area contributed by atoms with Gasteiger partial charge in [-0.15, -0.1) is 12.4 Å². The molecule has 10 heteroatoms. The van der Waals surface area contributed by atoms with Gasteiger partial charge in [0.1, 0.15) is 0 Å². The molecule has 2 aromatic rings. The lowest BCUT2D eigenvalue weighted by molar-refractivity contribution is -0.122. The Morgan fingerprint density at radius 1 is 1.26 bits per heavy atom. The van der Waals surface area contributed by atoms with E-state index in [0.717, 1.165) is 24.6 Å². The fourth-order valence-electron chi connectivity index (χ4n) is 2.96. The summed E-state index contributed by atoms with van der Waals surface area (Å²) in [5.74, 6) is -0.118. The minimum atomic E-state index is -0.475. The summed E-state index contributed by atoms with van der Waals surface area (Å²) in [4.78, 5) is 42.3. The van der Waals surface area contributed by atoms with E-state index in [9.17, 15) is 14.4 Å². The van der Waals surface area contributed by atoms with Crippen LogP contribution >= 0.6 is 24.2 Å². The average molecular weight is 468 g/mol. The van der Waals surface area contributed by atoms with Crippen molar-refractivity contribution in [3.63, 3.8) is 0 Å². The lowest BCUT2D eigenvalue weighted by atomic mass is 10.3. The topological polar surface area (TPSA) is 90.2 Å². The minimum Gasteiger partial charge on any atom is -0.490 e. The first kappa shape index (κ1) is 24.7. The third-order valence-electron chi connectivity index (χ3n) is 4.46. The Hall–Kier alpha value is -2.52. The van der Waals surface area contributed by atoms with E-state index in [-0.39, 0.29) is 35.9 Å². The molecule has 1 fully saturated rings. The highest BCUT2D eigenvalue weighted by Gasteiger charge is 2.34. The number of rotatable bonds is 10. The van der Waals surface area contributed by atoms with Crippen molar-refractivity contribution in [2.45, 2.75) is 39.5 Å². The molecule has 31 heavy (non-hydrogen) atoms. The Kier molecular flexibility index (Phi) is 9.39. The Morgan fingerprint density at radius 2 is 2.06 bits per heavy atom. The van der Waals surface area contributed by atoms with E-state index in [1.807, 2.05) is 19.1 Å². The molecule has 0 bridgehead atoms. The highest BCUT2D eigenvalue weighted by atomic mass is 35.5. The number of allylic oxidation sites excluding steroid dienone is 1. The first-order valence-electron chi connectivity index (χ1n) is 10.1. The van der Waals surface area contributed by atoms with Crippen molar-refractivity contribution in [1.29, 1.82) is 0 Å². The Labute approximate surface area is 191 Å². The summed E-state index contributed by atoms with van der Waals surface area (Å²) in [7, 11) is 0. The molecule has 3 heterocycles. The van der Waals surface area contributed by atoms with Crippen LogP contribution in [0, 0.1) is 0 Å². The predicted octanol–water partition coefficient (Wildman–Crippen LogP) is 4.47. The molecule has 0 radical (unpaired) electrons. The summed E-state index contributed by atoms with van der Waals surface area (Å²) in [5.41, 5.74) is 0.760. The number of imide groups is 1. The van der Waals surface area contributed by atoms with Crippen molar-refractivity contribution in [3.05, 3.63) is 41.2 Å². The summed E-state index contributed by atoms with van der Waals surface area (Å²) < 4.78 is 12.5. The number of nitrogens with zero attached hydrogens (tertiary/aromatic N) is 3. The van der Waals surface area contributed by atoms with Gasteiger partial charge in [0, 0.05) is 18.9 Å². The Balaban J connectivity index is 0.00000341. The molecular formula is C21H26ClN3O5S. The SMILES string of the molecule is CCC/C=C1/SC(=O)N(CCCCOc2cccn3cc(C(=O)OCC)nc23)C1=O.Cl. The molecule has 0 saturated carbocycles. The van der Waals surface area contributed by atoms with Crippen LogP contribution in [-0.4, -0.2) is 51.2 Å². The lowest BCUT2D eigenvalue weighted by Gasteiger charge is -2.12. The number of fused-ring (bicyclic) bond motifs is 1. The van der Waals surface area contributed by atoms with Crippen LogP contribution in [0.4, 0.5) is 4.79 Å². The van der Waals surface area contributed by atoms with E-state index in [4.69, 9.17) is 9.47 Å². The number of hydrogen-bond acceptors (Lipinski definition) is 7. The highest BCUT2D eigenvalue weighted by molar-refractivity contribution is 8.18. The molecule has 1 aliphatic heterocycles. The van der Waals surface area contributed by atoms with Gasteiger partial charge in [-0.25, -0.2) is 9.78 Å². The van der Waals surface area contributed by atoms with Crippen LogP contribution < -0.4 is 4.74 Å². The summed E-state index contributed by atoms with van der Waals surface area (Å²) >= 11 is 1.01. The number of unbranched alkanes of at least 4 members (excludes halogenated alkanes) is 2. The number of halogens is 1. The number of pyridine rings is 1. The van der Waals surface area contributed by atoms with Crippen molar-refractivity contribution in [2.24, 2.45) is 0 Å². The van der Waals surface area contributed by atoms with Crippen molar-refractivity contribution in [1.82, 2.24) is 14.3 Å². The van der Waals surface area contributed by atoms with Crippen LogP contribution in [0.3, 0.4) is 0 Å². The van der Waals surface area contributed by atoms with Crippen molar-refractivity contribution < 1.29 is 23.9 Å². The molecule has 0 atom stereocenters. The number of amides is 2. The van der Waals surface area contributed by atoms with E-state index in [0.29, 0.717) is 42.3 Å². The molecular weight excluding hydrogens is 442 g/mol. The van der Waals surface area contributed by atoms with E-state index in [1.165, 1.54) is 4.90 Å². The van der Waals surface area contributed by atoms with E-state index >= 15 is 0 Å². The summed E-state index contributed by atoms with van der Waals surface area (Å²) in [5, 5.41) is -0.211. The van der Waals surface area contributed by atoms with Gasteiger partial charge >= 0.3 is 5.97 Å². The lowest BCUT2D eigenvalue weighted by Crippen LogP contribution is -2.29. The number of esters is 1. The van der Waals surface area contributed by atoms with Gasteiger partial charge in [-0.05, 0) is 50.1 Å². The van der Waals surface area contributed by atoms with Gasteiger partial charge in [0.05, 0.1) is 18.1 Å². The molecule has 8 nitrogen and oxygen atoms in total. The zero-order valence-corrected chi connectivity index (χ0v) is 19.2. The normalized spacial score (nSPS) is 14.9. The fraction of sp³-hybridized carbons (Fsp3) is 0.429. The number of hydrogen-bond donors (Lipinski definition) is 0. The van der Waals surface area contributed by atoms with Crippen LogP contribution in [0.25, 0.3) is 5.65 Å². The largest absolute Gasteiger partial charge is 0.490 e. The van der Waals surface area contributed by atoms with Crippen molar-refractivity contribution >= 4 is 46.9 Å². The molecule has 2 aromatic heterocycles. The van der Waals surface area contributed by atoms with Crippen LogP contribution in [0.2, 0.25) is 0 Å². The summed E-state index contributed by atoms with van der Waals surface area (Å²) in [6.45, 7) is 4.84. The van der Waals surface area contributed by atoms with Crippen LogP contribution in [0.5, 0.6) is 5.75 Å². The fourth-order valence-corrected chi connectivity index (χ4v) is 3.83. The van der Waals surface area contributed by atoms with Gasteiger partial charge in [-0.1, -0.05) is 19.4 Å². The predicted molar refractivity (Wildman–Crippen MR) is 121 cm³/mol. The zero-order chi connectivity index (χ0) is 21.5. The number of carbonyl (C=O) groups is 3. The average Bonchev–Trinajstić information content (AvgIpc) is 3.29. The van der Waals surface area contributed by atoms with Gasteiger partial charge in [-0.2, -0.15) is 0 Å². The number of ether oxygens (including phenoxy) is 2. The van der Waals surface area contributed by atoms with Crippen molar-refractivity contribution in [2.75, 3.05) is 19.8 Å². The second-order valence-corrected chi connectivity index (χ2v) is 7.68. The minimum absolute atomic E-state index is 0. The first-order valence-corrected chi connectivity index (χ1v) is 10.9. The molecule has 1 aliphatic rings. The second-order valence-electron chi connectivity index (χ2n) is 6.69. The molecule has 0 aliphatic carbocycles. The summed E-state index contributed by atoms with van der Waals surface area (Å²) in [6.07, 6.45) is 8.26. The molecule has 1 saturated heterocycles. The number of carbonyl (C=O) groups excluding carboxylic acids is 3. The van der Waals surface area contributed by atoms with E-state index in [1.54, 1.807) is 29.8 Å². The molecule has 0 spiro atoms. The number of aromatic nitrogens is 2. The van der Waals surface area contributed by atoms with Gasteiger partial charge in [0.25, 0.3) is 11.1 Å². The summed E-state index contributed by atoms with van der Waals surface area (Å²) in [6, 6.07) is 3.59. The maximum Gasteiger partial charge on any atom is 0.358 e. The highest BCUT2D eigenvalue weighted by Crippen LogP contribution is 2.31. The smallest absolute Gasteiger partial charge is 0.358 e. The zero-order valence-electron chi connectivity index (χ0n) is 17.5. The molecule has 0 N–H and O–H groups in total. The third-order valence-corrected chi connectivity index (χ3v) is 5.41. The second kappa shape index (κ2) is 11.8. The van der Waals surface area contributed by atoms with Gasteiger partial charge < -0.3 is 13.9 Å². The van der Waals surface area contributed by atoms with Crippen molar-refractivity contribution in [3.8, 4) is 5.75 Å². The molecule has 0 unspecified atom stereocenters. The molecule has 168 valence electrons. The van der Waals surface area contributed by atoms with Gasteiger partial charge in [0.2, 0.25) is 0 Å². The molecule has 2 amide bonds. The quantitative estimate of drug-likeness (QED) is 0.289. The Morgan fingerprint density at radius 3 is 2.81 bits per heavy atom. The van der Waals surface area contributed by atoms with Gasteiger partial charge in [-0.3, -0.25) is 14.5 Å². The number of imidazole rings is 1. The first-order chi connectivity index (χ1) is 14.5. The molecule has 3 rings (SSSR count). The van der Waals surface area contributed by atoms with Crippen LogP contribution in [0.1, 0.15) is 50.0 Å². The monoisotopic (exact) mass is 467 g/mol. The van der Waals surface area contributed by atoms with E-state index in [2.05, 4.69) is 4.98 Å². The maximum absolute atomic E-state index is 12.3. The third kappa shape index (κ3) is 6.01. The van der Waals surface area contributed by atoms with Crippen LogP contribution in [0.15, 0.2) is 35.5 Å². The van der Waals surface area contributed by atoms with E-state index < -0.39 is 5.97 Å². The maximum atomic E-state index is 12.3. The van der Waals surface area contributed by atoms with Gasteiger partial charge in [0.15, 0.2) is 17.1 Å². The standard InChI is InChI=1S/C21H25N3O5S.ClH/c1-3-5-10-17-19(25)24(21(27)30-17)12-6-7-13-29-16-9-8-11-23-14-15(22-18(16)23)20(26)28-4-2;/h8-11,14H,3-7,12-13H2,1-2H3;1H/b17-10+;. The number of thioether (sulfide) groups is 1.